The third-order valence-corrected chi connectivity index (χ3v) is 3.25. The van der Waals surface area contributed by atoms with E-state index >= 15 is 0 Å². The van der Waals surface area contributed by atoms with E-state index in [2.05, 4.69) is 10.3 Å². The summed E-state index contributed by atoms with van der Waals surface area (Å²) in [5.41, 5.74) is 2.62. The van der Waals surface area contributed by atoms with Crippen LogP contribution in [0.15, 0.2) is 24.5 Å². The van der Waals surface area contributed by atoms with Crippen LogP contribution < -0.4 is 5.32 Å². The van der Waals surface area contributed by atoms with Crippen molar-refractivity contribution in [3.05, 3.63) is 47.3 Å². The molecular weight excluding hydrogens is 261 g/mol. The normalized spacial score (nSPS) is 13.3. The smallest absolute Gasteiger partial charge is 0.358 e. The lowest BCUT2D eigenvalue weighted by atomic mass is 10.1. The Bertz CT molecular complexity index is 666. The third-order valence-electron chi connectivity index (χ3n) is 3.25. The van der Waals surface area contributed by atoms with Gasteiger partial charge in [-0.15, -0.1) is 0 Å². The van der Waals surface area contributed by atoms with Crippen molar-refractivity contribution in [2.75, 3.05) is 6.61 Å². The molecule has 0 bridgehead atoms. The maximum Gasteiger partial charge on any atom is 0.358 e. The number of carbonyl (C=O) groups excluding carboxylic acids is 1. The van der Waals surface area contributed by atoms with Gasteiger partial charge in [-0.3, -0.25) is 0 Å². The lowest BCUT2D eigenvalue weighted by Gasteiger charge is -2.08. The fraction of sp³-hybridized carbons (Fsp3) is 0.286. The van der Waals surface area contributed by atoms with Gasteiger partial charge in [0.05, 0.1) is 18.0 Å². The minimum atomic E-state index is -0.456. The summed E-state index contributed by atoms with van der Waals surface area (Å²) in [6, 6.07) is 4.61. The molecule has 1 aliphatic heterocycles. The van der Waals surface area contributed by atoms with Crippen LogP contribution >= 0.6 is 0 Å². The summed E-state index contributed by atoms with van der Waals surface area (Å²) in [7, 11) is 0. The van der Waals surface area contributed by atoms with Gasteiger partial charge >= 0.3 is 5.97 Å². The maximum absolute atomic E-state index is 13.5. The first kappa shape index (κ1) is 12.8. The fourth-order valence-electron chi connectivity index (χ4n) is 2.35. The molecular formula is C14H14FN3O2. The molecule has 1 aromatic carbocycles. The second kappa shape index (κ2) is 5.05. The number of rotatable bonds is 2. The molecule has 0 amide bonds. The highest BCUT2D eigenvalue weighted by molar-refractivity contribution is 5.88. The van der Waals surface area contributed by atoms with Gasteiger partial charge in [-0.2, -0.15) is 0 Å². The molecule has 0 fully saturated rings. The first-order valence-corrected chi connectivity index (χ1v) is 6.43. The summed E-state index contributed by atoms with van der Waals surface area (Å²) < 4.78 is 20.2. The standard InChI is InChI=1S/C14H14FN3O2/c1-2-20-14(19)13-12-7-16-6-9-3-4-10(15)5-11(9)18(12)8-17-13/h3-5,8,16H,2,6-7H2,1H3. The Balaban J connectivity index is 2.12. The first-order chi connectivity index (χ1) is 9.70. The van der Waals surface area contributed by atoms with E-state index in [0.717, 1.165) is 5.56 Å². The second-order valence-electron chi connectivity index (χ2n) is 4.51. The van der Waals surface area contributed by atoms with Crippen LogP contribution in [-0.2, 0) is 17.8 Å². The van der Waals surface area contributed by atoms with Crippen LogP contribution in [0.1, 0.15) is 28.7 Å². The fourth-order valence-corrected chi connectivity index (χ4v) is 2.35. The molecule has 0 saturated carbocycles. The molecule has 20 heavy (non-hydrogen) atoms. The van der Waals surface area contributed by atoms with Crippen LogP contribution in [0, 0.1) is 5.82 Å². The Morgan fingerprint density at radius 1 is 1.50 bits per heavy atom. The summed E-state index contributed by atoms with van der Waals surface area (Å²) in [5.74, 6) is -0.772. The Hall–Kier alpha value is -2.21. The number of nitrogens with one attached hydrogen (secondary N) is 1. The molecule has 0 radical (unpaired) electrons. The molecule has 2 aromatic rings. The van der Waals surface area contributed by atoms with E-state index in [4.69, 9.17) is 4.74 Å². The Morgan fingerprint density at radius 3 is 3.15 bits per heavy atom. The Labute approximate surface area is 115 Å². The van der Waals surface area contributed by atoms with Crippen LogP contribution in [0.3, 0.4) is 0 Å². The molecule has 5 nitrogen and oxygen atoms in total. The molecule has 1 aliphatic rings. The van der Waals surface area contributed by atoms with E-state index in [1.807, 2.05) is 0 Å². The van der Waals surface area contributed by atoms with E-state index in [9.17, 15) is 9.18 Å². The van der Waals surface area contributed by atoms with Crippen molar-refractivity contribution in [3.63, 3.8) is 0 Å². The zero-order chi connectivity index (χ0) is 14.1. The number of esters is 1. The van der Waals surface area contributed by atoms with Gasteiger partial charge in [-0.1, -0.05) is 6.07 Å². The van der Waals surface area contributed by atoms with Crippen LogP contribution in [0.5, 0.6) is 0 Å². The highest BCUT2D eigenvalue weighted by Crippen LogP contribution is 2.23. The number of nitrogens with zero attached hydrogens (tertiary/aromatic N) is 2. The monoisotopic (exact) mass is 275 g/mol. The van der Waals surface area contributed by atoms with Crippen LogP contribution in [0.25, 0.3) is 5.69 Å². The number of ether oxygens (including phenoxy) is 1. The van der Waals surface area contributed by atoms with Crippen molar-refractivity contribution >= 4 is 5.97 Å². The highest BCUT2D eigenvalue weighted by atomic mass is 19.1. The van der Waals surface area contributed by atoms with Gasteiger partial charge in [-0.05, 0) is 24.6 Å². The van der Waals surface area contributed by atoms with Crippen LogP contribution in [0.2, 0.25) is 0 Å². The molecule has 1 aromatic heterocycles. The van der Waals surface area contributed by atoms with Gasteiger partial charge in [0, 0.05) is 13.1 Å². The summed E-state index contributed by atoms with van der Waals surface area (Å²) >= 11 is 0. The number of hydrogen-bond acceptors (Lipinski definition) is 4. The van der Waals surface area contributed by atoms with Crippen molar-refractivity contribution in [1.82, 2.24) is 14.9 Å². The average Bonchev–Trinajstić information content (AvgIpc) is 2.77. The number of fused-ring (bicyclic) bond motifs is 3. The minimum Gasteiger partial charge on any atom is -0.461 e. The molecule has 1 N–H and O–H groups in total. The number of carbonyl (C=O) groups is 1. The van der Waals surface area contributed by atoms with Crippen molar-refractivity contribution in [3.8, 4) is 5.69 Å². The SMILES string of the molecule is CCOC(=O)c1ncn2c1CNCc1ccc(F)cc1-2. The van der Waals surface area contributed by atoms with E-state index in [1.54, 1.807) is 17.6 Å². The largest absolute Gasteiger partial charge is 0.461 e. The molecule has 0 atom stereocenters. The quantitative estimate of drug-likeness (QED) is 0.849. The van der Waals surface area contributed by atoms with Crippen molar-refractivity contribution in [2.45, 2.75) is 20.0 Å². The summed E-state index contributed by atoms with van der Waals surface area (Å²) in [4.78, 5) is 16.0. The molecule has 3 rings (SSSR count). The van der Waals surface area contributed by atoms with Gasteiger partial charge in [0.2, 0.25) is 0 Å². The van der Waals surface area contributed by atoms with E-state index in [0.29, 0.717) is 31.1 Å². The molecule has 6 heteroatoms. The first-order valence-electron chi connectivity index (χ1n) is 6.43. The van der Waals surface area contributed by atoms with Crippen molar-refractivity contribution in [2.24, 2.45) is 0 Å². The molecule has 0 aliphatic carbocycles. The number of benzene rings is 1. The summed E-state index contributed by atoms with van der Waals surface area (Å²) in [6.45, 7) is 3.13. The van der Waals surface area contributed by atoms with Gasteiger partial charge in [-0.25, -0.2) is 14.2 Å². The van der Waals surface area contributed by atoms with Gasteiger partial charge in [0.1, 0.15) is 12.1 Å². The topological polar surface area (TPSA) is 56.1 Å². The maximum atomic E-state index is 13.5. The van der Waals surface area contributed by atoms with Gasteiger partial charge in [0.15, 0.2) is 5.69 Å². The molecule has 0 saturated heterocycles. The molecule has 0 spiro atoms. The second-order valence-corrected chi connectivity index (χ2v) is 4.51. The average molecular weight is 275 g/mol. The van der Waals surface area contributed by atoms with Gasteiger partial charge < -0.3 is 14.6 Å². The zero-order valence-electron chi connectivity index (χ0n) is 11.0. The predicted octanol–water partition coefficient (Wildman–Crippen LogP) is 1.79. The predicted molar refractivity (Wildman–Crippen MR) is 70.0 cm³/mol. The minimum absolute atomic E-state index is 0.275. The molecule has 0 unspecified atom stereocenters. The number of hydrogen-bond donors (Lipinski definition) is 1. The van der Waals surface area contributed by atoms with Crippen molar-refractivity contribution < 1.29 is 13.9 Å². The van der Waals surface area contributed by atoms with Crippen LogP contribution in [-0.4, -0.2) is 22.1 Å². The van der Waals surface area contributed by atoms with E-state index in [-0.39, 0.29) is 11.5 Å². The number of imidazole rings is 1. The number of aromatic nitrogens is 2. The van der Waals surface area contributed by atoms with Crippen LogP contribution in [0.4, 0.5) is 4.39 Å². The zero-order valence-corrected chi connectivity index (χ0v) is 11.0. The Kier molecular flexibility index (Phi) is 3.23. The van der Waals surface area contributed by atoms with E-state index < -0.39 is 5.97 Å². The van der Waals surface area contributed by atoms with E-state index in [1.165, 1.54) is 18.5 Å². The third kappa shape index (κ3) is 2.08. The summed E-state index contributed by atoms with van der Waals surface area (Å²) in [5, 5.41) is 3.21. The van der Waals surface area contributed by atoms with Gasteiger partial charge in [0.25, 0.3) is 0 Å². The molecule has 2 heterocycles. The highest BCUT2D eigenvalue weighted by Gasteiger charge is 2.23. The van der Waals surface area contributed by atoms with Crippen molar-refractivity contribution in [1.29, 1.82) is 0 Å². The lowest BCUT2D eigenvalue weighted by molar-refractivity contribution is 0.0518. The summed E-state index contributed by atoms with van der Waals surface area (Å²) in [6.07, 6.45) is 1.53. The lowest BCUT2D eigenvalue weighted by Crippen LogP contribution is -2.15. The number of halogens is 1. The molecule has 104 valence electrons. The Morgan fingerprint density at radius 2 is 2.35 bits per heavy atom.